The van der Waals surface area contributed by atoms with Crippen LogP contribution in [0.4, 0.5) is 0 Å². The first-order valence-electron chi connectivity index (χ1n) is 9.07. The van der Waals surface area contributed by atoms with Crippen molar-refractivity contribution in [2.75, 3.05) is 0 Å². The Balaban J connectivity index is 2.30. The average molecular weight is 442 g/mol. The van der Waals surface area contributed by atoms with Crippen LogP contribution in [-0.4, -0.2) is 52.8 Å². The molecule has 32 heavy (non-hydrogen) atoms. The molecule has 3 rings (SSSR count). The molecule has 10 nitrogen and oxygen atoms in total. The third-order valence-corrected chi connectivity index (χ3v) is 4.99. The van der Waals surface area contributed by atoms with E-state index in [1.54, 1.807) is 0 Å². The Kier molecular flexibility index (Phi) is 5.71. The number of carboxylic acid groups (broad SMARTS) is 2. The fourth-order valence-corrected chi connectivity index (χ4v) is 3.57. The first-order valence-corrected chi connectivity index (χ1v) is 9.07. The fraction of sp³-hybridized carbons (Fsp3) is 0.0909. The lowest BCUT2D eigenvalue weighted by Gasteiger charge is -2.22. The highest BCUT2D eigenvalue weighted by Crippen LogP contribution is 2.47. The number of carbonyl (C=O) groups is 2. The minimum Gasteiger partial charge on any atom is -0.508 e. The lowest BCUT2D eigenvalue weighted by atomic mass is 9.83. The van der Waals surface area contributed by atoms with Crippen LogP contribution in [0.1, 0.15) is 34.1 Å². The molecule has 0 aromatic heterocycles. The van der Waals surface area contributed by atoms with Crippen LogP contribution in [0.3, 0.4) is 0 Å². The molecular formula is C22H18O10. The molecule has 0 aliphatic rings. The van der Waals surface area contributed by atoms with Gasteiger partial charge in [-0.1, -0.05) is 18.2 Å². The maximum atomic E-state index is 12.0. The summed E-state index contributed by atoms with van der Waals surface area (Å²) in [7, 11) is 0. The van der Waals surface area contributed by atoms with E-state index in [0.29, 0.717) is 0 Å². The predicted octanol–water partition coefficient (Wildman–Crippen LogP) is 2.35. The molecule has 2 unspecified atom stereocenters. The Labute approximate surface area is 180 Å². The summed E-state index contributed by atoms with van der Waals surface area (Å²) in [4.78, 5) is 24.1. The van der Waals surface area contributed by atoms with Gasteiger partial charge in [0.15, 0.2) is 0 Å². The van der Waals surface area contributed by atoms with Crippen LogP contribution in [0, 0.1) is 0 Å². The van der Waals surface area contributed by atoms with Gasteiger partial charge in [0.1, 0.15) is 46.3 Å². The summed E-state index contributed by atoms with van der Waals surface area (Å²) in [6.07, 6.45) is 0. The summed E-state index contributed by atoms with van der Waals surface area (Å²) < 4.78 is 0. The molecule has 3 aromatic rings. The third kappa shape index (κ3) is 3.76. The topological polar surface area (TPSA) is 196 Å². The van der Waals surface area contributed by atoms with Crippen LogP contribution in [-0.2, 0) is 9.59 Å². The van der Waals surface area contributed by atoms with E-state index in [2.05, 4.69) is 0 Å². The van der Waals surface area contributed by atoms with Crippen molar-refractivity contribution in [1.82, 2.24) is 0 Å². The molecule has 0 bridgehead atoms. The minimum absolute atomic E-state index is 0.296. The Hall–Kier alpha value is -4.60. The van der Waals surface area contributed by atoms with E-state index in [0.717, 1.165) is 42.5 Å². The zero-order chi connectivity index (χ0) is 23.7. The molecule has 3 aromatic carbocycles. The highest BCUT2D eigenvalue weighted by Gasteiger charge is 2.36. The summed E-state index contributed by atoms with van der Waals surface area (Å²) >= 11 is 0. The maximum Gasteiger partial charge on any atom is 0.315 e. The molecule has 0 fully saturated rings. The van der Waals surface area contributed by atoms with Crippen LogP contribution in [0.25, 0.3) is 0 Å². The van der Waals surface area contributed by atoms with Crippen LogP contribution in [0.2, 0.25) is 0 Å². The summed E-state index contributed by atoms with van der Waals surface area (Å²) in [6, 6.07) is 8.49. The van der Waals surface area contributed by atoms with E-state index in [-0.39, 0.29) is 11.3 Å². The number of phenolic OH excluding ortho intramolecular Hbond substituents is 6. The molecule has 0 heterocycles. The number of benzene rings is 3. The van der Waals surface area contributed by atoms with Crippen LogP contribution < -0.4 is 0 Å². The molecule has 0 saturated carbocycles. The zero-order valence-electron chi connectivity index (χ0n) is 16.2. The normalized spacial score (nSPS) is 12.8. The molecule has 2 atom stereocenters. The Bertz CT molecular complexity index is 1200. The minimum atomic E-state index is -1.86. The van der Waals surface area contributed by atoms with Gasteiger partial charge in [-0.3, -0.25) is 9.59 Å². The molecule has 0 aliphatic carbocycles. The number of hydrogen-bond donors (Lipinski definition) is 8. The van der Waals surface area contributed by atoms with Crippen molar-refractivity contribution >= 4 is 11.9 Å². The molecular weight excluding hydrogens is 424 g/mol. The van der Waals surface area contributed by atoms with Crippen molar-refractivity contribution in [1.29, 1.82) is 0 Å². The fourth-order valence-electron chi connectivity index (χ4n) is 3.57. The summed E-state index contributed by atoms with van der Waals surface area (Å²) in [5, 5.41) is 80.6. The second-order valence-electron chi connectivity index (χ2n) is 6.93. The van der Waals surface area contributed by atoms with Crippen molar-refractivity contribution in [2.24, 2.45) is 0 Å². The summed E-state index contributed by atoms with van der Waals surface area (Å²) in [5.74, 6) is -10.7. The van der Waals surface area contributed by atoms with Gasteiger partial charge in [0, 0.05) is 17.2 Å². The van der Waals surface area contributed by atoms with E-state index in [1.165, 1.54) is 6.07 Å². The second kappa shape index (κ2) is 8.26. The SMILES string of the molecule is O=C(O)C(c1ccc(O)c(C(C(=O)O)c2ccc(O)cc2O)c1O)c1c(O)cccc1O. The van der Waals surface area contributed by atoms with Gasteiger partial charge in [-0.25, -0.2) is 0 Å². The lowest BCUT2D eigenvalue weighted by molar-refractivity contribution is -0.138. The predicted molar refractivity (Wildman–Crippen MR) is 108 cm³/mol. The number of aromatic hydroxyl groups is 6. The highest BCUT2D eigenvalue weighted by molar-refractivity contribution is 5.87. The number of rotatable bonds is 6. The van der Waals surface area contributed by atoms with Gasteiger partial charge in [0.25, 0.3) is 0 Å². The van der Waals surface area contributed by atoms with Crippen molar-refractivity contribution in [3.05, 3.63) is 70.8 Å². The van der Waals surface area contributed by atoms with Crippen LogP contribution in [0.15, 0.2) is 48.5 Å². The van der Waals surface area contributed by atoms with Crippen LogP contribution in [0.5, 0.6) is 34.5 Å². The van der Waals surface area contributed by atoms with Crippen LogP contribution >= 0.6 is 0 Å². The lowest BCUT2D eigenvalue weighted by Crippen LogP contribution is -2.17. The first-order chi connectivity index (χ1) is 15.0. The largest absolute Gasteiger partial charge is 0.508 e. The van der Waals surface area contributed by atoms with Gasteiger partial charge in [-0.2, -0.15) is 0 Å². The molecule has 0 amide bonds. The number of carboxylic acids is 2. The Morgan fingerprint density at radius 2 is 1.09 bits per heavy atom. The van der Waals surface area contributed by atoms with E-state index in [4.69, 9.17) is 0 Å². The number of hydrogen-bond acceptors (Lipinski definition) is 8. The second-order valence-corrected chi connectivity index (χ2v) is 6.93. The van der Waals surface area contributed by atoms with Crippen molar-refractivity contribution < 1.29 is 50.4 Å². The number of phenols is 6. The monoisotopic (exact) mass is 442 g/mol. The van der Waals surface area contributed by atoms with Gasteiger partial charge in [-0.05, 0) is 24.3 Å². The maximum absolute atomic E-state index is 12.0. The quantitative estimate of drug-likeness (QED) is 0.280. The summed E-state index contributed by atoms with van der Waals surface area (Å²) in [6.45, 7) is 0. The molecule has 0 spiro atoms. The smallest absolute Gasteiger partial charge is 0.315 e. The molecule has 0 radical (unpaired) electrons. The number of aliphatic carboxylic acids is 2. The average Bonchev–Trinajstić information content (AvgIpc) is 2.69. The molecule has 10 heteroatoms. The highest BCUT2D eigenvalue weighted by atomic mass is 16.4. The van der Waals surface area contributed by atoms with Gasteiger partial charge in [-0.15, -0.1) is 0 Å². The van der Waals surface area contributed by atoms with E-state index >= 15 is 0 Å². The zero-order valence-corrected chi connectivity index (χ0v) is 16.2. The molecule has 0 aliphatic heterocycles. The van der Waals surface area contributed by atoms with Crippen molar-refractivity contribution in [2.45, 2.75) is 11.8 Å². The molecule has 166 valence electrons. The van der Waals surface area contributed by atoms with Gasteiger partial charge >= 0.3 is 11.9 Å². The molecule has 8 N–H and O–H groups in total. The summed E-state index contributed by atoms with van der Waals surface area (Å²) in [5.41, 5.74) is -1.80. The van der Waals surface area contributed by atoms with Gasteiger partial charge in [0.2, 0.25) is 0 Å². The standard InChI is InChI=1S/C22H18O10/c23-9-4-5-10(15(27)8-9)16(21(29)30)19-14(26)7-6-11(20(19)28)17(22(31)32)18-12(24)2-1-3-13(18)25/h1-8,16-17,23-28H,(H,29,30)(H,31,32). The Morgan fingerprint density at radius 1 is 0.594 bits per heavy atom. The van der Waals surface area contributed by atoms with Crippen molar-refractivity contribution in [3.8, 4) is 34.5 Å². The van der Waals surface area contributed by atoms with Crippen molar-refractivity contribution in [3.63, 3.8) is 0 Å². The first kappa shape index (κ1) is 22.1. The van der Waals surface area contributed by atoms with E-state index < -0.39 is 69.2 Å². The molecule has 0 saturated heterocycles. The van der Waals surface area contributed by atoms with E-state index in [1.807, 2.05) is 0 Å². The van der Waals surface area contributed by atoms with E-state index in [9.17, 15) is 50.4 Å². The Morgan fingerprint density at radius 3 is 1.62 bits per heavy atom. The third-order valence-electron chi connectivity index (χ3n) is 4.99. The van der Waals surface area contributed by atoms with Gasteiger partial charge in [0.05, 0.1) is 11.1 Å². The van der Waals surface area contributed by atoms with Gasteiger partial charge < -0.3 is 40.9 Å².